The molecule has 3 heterocycles. The number of nitro groups is 1. The Kier molecular flexibility index (Phi) is 5.99. The number of aryl methyl sites for hydroxylation is 2. The highest BCUT2D eigenvalue weighted by Gasteiger charge is 2.26. The van der Waals surface area contributed by atoms with Gasteiger partial charge in [-0.1, -0.05) is 0 Å². The van der Waals surface area contributed by atoms with Gasteiger partial charge in [-0.15, -0.1) is 0 Å². The van der Waals surface area contributed by atoms with E-state index in [4.69, 9.17) is 4.74 Å². The first-order chi connectivity index (χ1) is 13.5. The first-order valence-corrected chi connectivity index (χ1v) is 8.89. The number of rotatable bonds is 7. The largest absolute Gasteiger partial charge is 0.378 e. The highest BCUT2D eigenvalue weighted by Crippen LogP contribution is 2.19. The topological polar surface area (TPSA) is 137 Å². The van der Waals surface area contributed by atoms with Gasteiger partial charge >= 0.3 is 5.69 Å². The van der Waals surface area contributed by atoms with Crippen molar-refractivity contribution in [1.82, 2.24) is 24.5 Å². The average molecular weight is 391 g/mol. The molecule has 0 spiro atoms. The fourth-order valence-electron chi connectivity index (χ4n) is 2.86. The number of nitrogens with one attached hydrogen (secondary N) is 1. The van der Waals surface area contributed by atoms with Crippen molar-refractivity contribution in [3.05, 3.63) is 34.4 Å². The summed E-state index contributed by atoms with van der Waals surface area (Å²) in [5.74, 6) is -0.550. The highest BCUT2D eigenvalue weighted by molar-refractivity contribution is 6.02. The lowest BCUT2D eigenvalue weighted by Gasteiger charge is -2.27. The van der Waals surface area contributed by atoms with E-state index in [2.05, 4.69) is 15.5 Å². The van der Waals surface area contributed by atoms with Crippen LogP contribution in [-0.2, 0) is 22.6 Å². The summed E-state index contributed by atoms with van der Waals surface area (Å²) < 4.78 is 8.14. The molecule has 0 bridgehead atoms. The Morgan fingerprint density at radius 1 is 1.29 bits per heavy atom. The molecule has 2 aromatic heterocycles. The van der Waals surface area contributed by atoms with E-state index in [1.54, 1.807) is 9.58 Å². The van der Waals surface area contributed by atoms with E-state index < -0.39 is 4.92 Å². The van der Waals surface area contributed by atoms with Crippen LogP contribution in [0.15, 0.2) is 18.6 Å². The molecule has 12 nitrogen and oxygen atoms in total. The summed E-state index contributed by atoms with van der Waals surface area (Å²) in [6, 6.07) is 0. The SMILES string of the molecule is CCn1ncc(NC(=O)CCn2cc([N+](=O)[O-])cn2)c1C(=O)N1CCOCC1. The van der Waals surface area contributed by atoms with Crippen molar-refractivity contribution in [3.63, 3.8) is 0 Å². The van der Waals surface area contributed by atoms with Crippen molar-refractivity contribution in [2.24, 2.45) is 0 Å². The molecule has 12 heteroatoms. The number of hydrogen-bond donors (Lipinski definition) is 1. The van der Waals surface area contributed by atoms with Gasteiger partial charge in [-0.3, -0.25) is 29.1 Å². The van der Waals surface area contributed by atoms with Crippen LogP contribution in [0.1, 0.15) is 23.8 Å². The molecule has 1 aliphatic rings. The minimum absolute atomic E-state index is 0.0430. The number of aromatic nitrogens is 4. The van der Waals surface area contributed by atoms with E-state index in [1.165, 1.54) is 17.1 Å². The lowest BCUT2D eigenvalue weighted by atomic mass is 10.2. The van der Waals surface area contributed by atoms with E-state index in [0.29, 0.717) is 44.2 Å². The number of hydrogen-bond acceptors (Lipinski definition) is 7. The van der Waals surface area contributed by atoms with Crippen molar-refractivity contribution in [2.45, 2.75) is 26.4 Å². The maximum Gasteiger partial charge on any atom is 0.306 e. The van der Waals surface area contributed by atoms with Crippen LogP contribution in [0.4, 0.5) is 11.4 Å². The summed E-state index contributed by atoms with van der Waals surface area (Å²) in [6.45, 7) is 4.44. The van der Waals surface area contributed by atoms with Gasteiger partial charge in [0.15, 0.2) is 0 Å². The van der Waals surface area contributed by atoms with Crippen LogP contribution in [0.5, 0.6) is 0 Å². The van der Waals surface area contributed by atoms with Gasteiger partial charge in [0.2, 0.25) is 5.91 Å². The molecular weight excluding hydrogens is 370 g/mol. The molecule has 28 heavy (non-hydrogen) atoms. The van der Waals surface area contributed by atoms with Crippen molar-refractivity contribution in [1.29, 1.82) is 0 Å². The van der Waals surface area contributed by atoms with E-state index in [1.807, 2.05) is 6.92 Å². The van der Waals surface area contributed by atoms with Gasteiger partial charge in [-0.2, -0.15) is 10.2 Å². The van der Waals surface area contributed by atoms with E-state index in [9.17, 15) is 19.7 Å². The molecule has 1 saturated heterocycles. The van der Waals surface area contributed by atoms with Gasteiger partial charge in [0, 0.05) is 32.6 Å². The molecule has 150 valence electrons. The maximum absolute atomic E-state index is 12.9. The smallest absolute Gasteiger partial charge is 0.306 e. The third-order valence-corrected chi connectivity index (χ3v) is 4.31. The normalized spacial score (nSPS) is 14.1. The summed E-state index contributed by atoms with van der Waals surface area (Å²) in [7, 11) is 0. The first kappa shape index (κ1) is 19.5. The first-order valence-electron chi connectivity index (χ1n) is 8.89. The standard InChI is InChI=1S/C16H21N7O5/c1-2-22-15(16(25)20-5-7-28-8-6-20)13(10-18-22)19-14(24)3-4-21-11-12(9-17-21)23(26)27/h9-11H,2-8H2,1H3,(H,19,24). The summed E-state index contributed by atoms with van der Waals surface area (Å²) in [5, 5.41) is 21.4. The van der Waals surface area contributed by atoms with Crippen LogP contribution in [0, 0.1) is 10.1 Å². The van der Waals surface area contributed by atoms with Crippen LogP contribution >= 0.6 is 0 Å². The minimum atomic E-state index is -0.549. The Balaban J connectivity index is 1.65. The number of nitrogens with zero attached hydrogens (tertiary/aromatic N) is 6. The second-order valence-electron chi connectivity index (χ2n) is 6.14. The monoisotopic (exact) mass is 391 g/mol. The zero-order valence-corrected chi connectivity index (χ0v) is 15.4. The Labute approximate surface area is 160 Å². The Hall–Kier alpha value is -3.28. The average Bonchev–Trinajstić information content (AvgIpc) is 3.33. The van der Waals surface area contributed by atoms with E-state index in [-0.39, 0.29) is 30.5 Å². The molecule has 0 saturated carbocycles. The van der Waals surface area contributed by atoms with E-state index in [0.717, 1.165) is 6.20 Å². The Morgan fingerprint density at radius 2 is 2.04 bits per heavy atom. The number of carbonyl (C=O) groups is 2. The number of ether oxygens (including phenoxy) is 1. The van der Waals surface area contributed by atoms with Crippen LogP contribution in [0.3, 0.4) is 0 Å². The van der Waals surface area contributed by atoms with Crippen molar-refractivity contribution >= 4 is 23.2 Å². The van der Waals surface area contributed by atoms with Crippen LogP contribution < -0.4 is 5.32 Å². The predicted octanol–water partition coefficient (Wildman–Crippen LogP) is 0.509. The van der Waals surface area contributed by atoms with Gasteiger partial charge in [0.05, 0.1) is 30.0 Å². The second-order valence-corrected chi connectivity index (χ2v) is 6.14. The summed E-state index contributed by atoms with van der Waals surface area (Å²) in [6.07, 6.45) is 3.88. The third-order valence-electron chi connectivity index (χ3n) is 4.31. The molecule has 2 amide bonds. The Morgan fingerprint density at radius 3 is 2.68 bits per heavy atom. The minimum Gasteiger partial charge on any atom is -0.378 e. The molecule has 0 atom stereocenters. The van der Waals surface area contributed by atoms with Crippen molar-refractivity contribution in [3.8, 4) is 0 Å². The van der Waals surface area contributed by atoms with Gasteiger partial charge in [-0.25, -0.2) is 0 Å². The number of anilines is 1. The maximum atomic E-state index is 12.9. The fraction of sp³-hybridized carbons (Fsp3) is 0.500. The van der Waals surface area contributed by atoms with Crippen LogP contribution in [-0.4, -0.2) is 67.5 Å². The molecular formula is C16H21N7O5. The molecule has 1 aliphatic heterocycles. The number of amides is 2. The third kappa shape index (κ3) is 4.34. The second kappa shape index (κ2) is 8.61. The zero-order valence-electron chi connectivity index (χ0n) is 15.4. The van der Waals surface area contributed by atoms with Gasteiger partial charge in [0.25, 0.3) is 5.91 Å². The number of carbonyl (C=O) groups excluding carboxylic acids is 2. The molecule has 3 rings (SSSR count). The Bertz CT molecular complexity index is 869. The quantitative estimate of drug-likeness (QED) is 0.536. The van der Waals surface area contributed by atoms with Gasteiger partial charge in [0.1, 0.15) is 18.1 Å². The van der Waals surface area contributed by atoms with E-state index >= 15 is 0 Å². The van der Waals surface area contributed by atoms with Crippen LogP contribution in [0.25, 0.3) is 0 Å². The molecule has 0 radical (unpaired) electrons. The lowest BCUT2D eigenvalue weighted by Crippen LogP contribution is -2.41. The molecule has 0 unspecified atom stereocenters. The fourth-order valence-corrected chi connectivity index (χ4v) is 2.86. The summed E-state index contributed by atoms with van der Waals surface area (Å²) in [5.41, 5.74) is 0.533. The molecule has 2 aromatic rings. The van der Waals surface area contributed by atoms with Gasteiger partial charge in [-0.05, 0) is 6.92 Å². The molecule has 0 aromatic carbocycles. The molecule has 0 aliphatic carbocycles. The van der Waals surface area contributed by atoms with Crippen molar-refractivity contribution < 1.29 is 19.2 Å². The highest BCUT2D eigenvalue weighted by atomic mass is 16.6. The lowest BCUT2D eigenvalue weighted by molar-refractivity contribution is -0.385. The van der Waals surface area contributed by atoms with Gasteiger partial charge < -0.3 is 15.0 Å². The number of morpholine rings is 1. The predicted molar refractivity (Wildman–Crippen MR) is 96.8 cm³/mol. The summed E-state index contributed by atoms with van der Waals surface area (Å²) >= 11 is 0. The molecule has 1 N–H and O–H groups in total. The van der Waals surface area contributed by atoms with Crippen molar-refractivity contribution in [2.75, 3.05) is 31.6 Å². The zero-order chi connectivity index (χ0) is 20.1. The summed E-state index contributed by atoms with van der Waals surface area (Å²) in [4.78, 5) is 37.0. The van der Waals surface area contributed by atoms with Crippen LogP contribution in [0.2, 0.25) is 0 Å². The molecule has 1 fully saturated rings.